The monoisotopic (exact) mass is 402 g/mol. The molecule has 7 nitrogen and oxygen atoms in total. The van der Waals surface area contributed by atoms with E-state index in [0.29, 0.717) is 19.5 Å². The molecule has 2 aliphatic heterocycles. The molecule has 0 aliphatic carbocycles. The molecule has 7 heteroatoms. The number of likely N-dealkylation sites (N-methyl/N-ethyl adjacent to an activating group) is 1. The second-order valence-electron chi connectivity index (χ2n) is 9.01. The SMILES string of the molecule is CNC(=O)[C@@H]1C[C@H](Oc2ccccc2)CN1C1CCN(C(=O)NC(C)(C)C)CC1. The Labute approximate surface area is 173 Å². The number of para-hydroxylation sites is 1. The van der Waals surface area contributed by atoms with E-state index in [1.165, 1.54) is 0 Å². The van der Waals surface area contributed by atoms with Crippen molar-refractivity contribution in [2.24, 2.45) is 0 Å². The average molecular weight is 403 g/mol. The first kappa shape index (κ1) is 21.4. The van der Waals surface area contributed by atoms with E-state index in [4.69, 9.17) is 4.74 Å². The Kier molecular flexibility index (Phi) is 6.67. The number of piperidine rings is 1. The van der Waals surface area contributed by atoms with Crippen LogP contribution in [0.4, 0.5) is 4.79 Å². The van der Waals surface area contributed by atoms with Crippen LogP contribution in [0.25, 0.3) is 0 Å². The number of carbonyl (C=O) groups excluding carboxylic acids is 2. The van der Waals surface area contributed by atoms with E-state index in [1.54, 1.807) is 7.05 Å². The molecule has 2 heterocycles. The fraction of sp³-hybridized carbons (Fsp3) is 0.636. The summed E-state index contributed by atoms with van der Waals surface area (Å²) in [5, 5.41) is 5.84. The zero-order chi connectivity index (χ0) is 21.0. The first-order valence-electron chi connectivity index (χ1n) is 10.5. The Hall–Kier alpha value is -2.28. The number of ether oxygens (including phenoxy) is 1. The van der Waals surface area contributed by atoms with Crippen molar-refractivity contribution in [1.29, 1.82) is 0 Å². The Morgan fingerprint density at radius 2 is 1.76 bits per heavy atom. The minimum atomic E-state index is -0.241. The van der Waals surface area contributed by atoms with Crippen LogP contribution in [0.1, 0.15) is 40.0 Å². The Bertz CT molecular complexity index is 696. The molecular formula is C22H34N4O3. The number of benzene rings is 1. The van der Waals surface area contributed by atoms with Crippen LogP contribution in [0, 0.1) is 0 Å². The predicted octanol–water partition coefficient (Wildman–Crippen LogP) is 2.23. The van der Waals surface area contributed by atoms with Crippen LogP contribution in [0.15, 0.2) is 30.3 Å². The van der Waals surface area contributed by atoms with Crippen molar-refractivity contribution in [3.05, 3.63) is 30.3 Å². The molecule has 29 heavy (non-hydrogen) atoms. The zero-order valence-electron chi connectivity index (χ0n) is 18.0. The molecule has 0 saturated carbocycles. The van der Waals surface area contributed by atoms with Crippen LogP contribution in [-0.2, 0) is 4.79 Å². The van der Waals surface area contributed by atoms with Gasteiger partial charge in [0.2, 0.25) is 5.91 Å². The maximum Gasteiger partial charge on any atom is 0.317 e. The number of urea groups is 1. The lowest BCUT2D eigenvalue weighted by molar-refractivity contribution is -0.126. The highest BCUT2D eigenvalue weighted by Gasteiger charge is 2.42. The smallest absolute Gasteiger partial charge is 0.317 e. The minimum Gasteiger partial charge on any atom is -0.489 e. The van der Waals surface area contributed by atoms with Crippen molar-refractivity contribution >= 4 is 11.9 Å². The third-order valence-corrected chi connectivity index (χ3v) is 5.60. The van der Waals surface area contributed by atoms with E-state index in [-0.39, 0.29) is 35.7 Å². The van der Waals surface area contributed by atoms with E-state index in [2.05, 4.69) is 15.5 Å². The van der Waals surface area contributed by atoms with Gasteiger partial charge in [-0.3, -0.25) is 9.69 Å². The molecule has 2 aliphatic rings. The molecule has 0 bridgehead atoms. The highest BCUT2D eigenvalue weighted by atomic mass is 16.5. The zero-order valence-corrected chi connectivity index (χ0v) is 18.0. The fourth-order valence-corrected chi connectivity index (χ4v) is 4.23. The van der Waals surface area contributed by atoms with Gasteiger partial charge in [0.15, 0.2) is 0 Å². The Morgan fingerprint density at radius 1 is 1.10 bits per heavy atom. The van der Waals surface area contributed by atoms with Gasteiger partial charge >= 0.3 is 6.03 Å². The molecule has 0 spiro atoms. The van der Waals surface area contributed by atoms with E-state index in [9.17, 15) is 9.59 Å². The molecule has 0 radical (unpaired) electrons. The van der Waals surface area contributed by atoms with Crippen molar-refractivity contribution in [3.8, 4) is 5.75 Å². The Morgan fingerprint density at radius 3 is 2.34 bits per heavy atom. The number of rotatable bonds is 4. The molecule has 2 saturated heterocycles. The van der Waals surface area contributed by atoms with Crippen molar-refractivity contribution in [3.63, 3.8) is 0 Å². The summed E-state index contributed by atoms with van der Waals surface area (Å²) < 4.78 is 6.14. The van der Waals surface area contributed by atoms with E-state index < -0.39 is 0 Å². The van der Waals surface area contributed by atoms with Gasteiger partial charge in [-0.15, -0.1) is 0 Å². The van der Waals surface area contributed by atoms with Crippen molar-refractivity contribution < 1.29 is 14.3 Å². The van der Waals surface area contributed by atoms with Crippen LogP contribution in [0.3, 0.4) is 0 Å². The van der Waals surface area contributed by atoms with E-state index in [0.717, 1.165) is 25.1 Å². The summed E-state index contributed by atoms with van der Waals surface area (Å²) in [5.41, 5.74) is -0.241. The average Bonchev–Trinajstić information content (AvgIpc) is 3.10. The third-order valence-electron chi connectivity index (χ3n) is 5.60. The van der Waals surface area contributed by atoms with Gasteiger partial charge in [0.25, 0.3) is 0 Å². The van der Waals surface area contributed by atoms with E-state index >= 15 is 0 Å². The van der Waals surface area contributed by atoms with Gasteiger partial charge in [0.05, 0.1) is 6.04 Å². The normalized spacial score (nSPS) is 23.7. The largest absolute Gasteiger partial charge is 0.489 e. The minimum absolute atomic E-state index is 0.00879. The molecule has 3 amide bonds. The summed E-state index contributed by atoms with van der Waals surface area (Å²) in [4.78, 5) is 29.1. The number of nitrogens with zero attached hydrogens (tertiary/aromatic N) is 2. The first-order chi connectivity index (χ1) is 13.8. The summed E-state index contributed by atoms with van der Waals surface area (Å²) in [5.74, 6) is 0.876. The number of likely N-dealkylation sites (tertiary alicyclic amines) is 2. The second kappa shape index (κ2) is 9.03. The van der Waals surface area contributed by atoms with Gasteiger partial charge in [-0.05, 0) is 45.7 Å². The summed E-state index contributed by atoms with van der Waals surface area (Å²) in [7, 11) is 1.69. The quantitative estimate of drug-likeness (QED) is 0.810. The standard InChI is InChI=1S/C22H34N4O3/c1-22(2,3)24-21(28)25-12-10-16(11-13-25)26-15-18(14-19(26)20(27)23-4)29-17-8-6-5-7-9-17/h5-9,16,18-19H,10-15H2,1-4H3,(H,23,27)(H,24,28)/t18-,19-/m0/s1. The molecule has 0 unspecified atom stereocenters. The van der Waals surface area contributed by atoms with Crippen LogP contribution < -0.4 is 15.4 Å². The molecule has 2 fully saturated rings. The predicted molar refractivity (Wildman–Crippen MR) is 113 cm³/mol. The highest BCUT2D eigenvalue weighted by molar-refractivity contribution is 5.82. The molecular weight excluding hydrogens is 368 g/mol. The van der Waals surface area contributed by atoms with Crippen LogP contribution in [0.2, 0.25) is 0 Å². The lowest BCUT2D eigenvalue weighted by Gasteiger charge is -2.39. The van der Waals surface area contributed by atoms with Gasteiger partial charge in [0, 0.05) is 44.7 Å². The number of hydrogen-bond donors (Lipinski definition) is 2. The summed E-state index contributed by atoms with van der Waals surface area (Å²) in [6.45, 7) is 8.10. The van der Waals surface area contributed by atoms with Crippen molar-refractivity contribution in [1.82, 2.24) is 20.4 Å². The molecule has 1 aromatic rings. The molecule has 2 N–H and O–H groups in total. The van der Waals surface area contributed by atoms with Crippen molar-refractivity contribution in [2.45, 2.75) is 63.8 Å². The topological polar surface area (TPSA) is 73.9 Å². The van der Waals surface area contributed by atoms with E-state index in [1.807, 2.05) is 56.0 Å². The third kappa shape index (κ3) is 5.63. The van der Waals surface area contributed by atoms with Crippen LogP contribution >= 0.6 is 0 Å². The Balaban J connectivity index is 1.60. The molecule has 1 aromatic carbocycles. The number of nitrogens with one attached hydrogen (secondary N) is 2. The molecule has 2 atom stereocenters. The highest BCUT2D eigenvalue weighted by Crippen LogP contribution is 2.29. The van der Waals surface area contributed by atoms with Gasteiger partial charge < -0.3 is 20.3 Å². The van der Waals surface area contributed by atoms with Gasteiger partial charge in [0.1, 0.15) is 11.9 Å². The van der Waals surface area contributed by atoms with Crippen LogP contribution in [-0.4, -0.2) is 72.1 Å². The van der Waals surface area contributed by atoms with Crippen molar-refractivity contribution in [2.75, 3.05) is 26.7 Å². The molecule has 3 rings (SSSR count). The van der Waals surface area contributed by atoms with Gasteiger partial charge in [-0.2, -0.15) is 0 Å². The summed E-state index contributed by atoms with van der Waals surface area (Å²) in [6.07, 6.45) is 2.40. The molecule has 160 valence electrons. The lowest BCUT2D eigenvalue weighted by atomic mass is 10.0. The number of carbonyl (C=O) groups is 2. The van der Waals surface area contributed by atoms with Gasteiger partial charge in [-0.1, -0.05) is 18.2 Å². The summed E-state index contributed by atoms with van der Waals surface area (Å²) >= 11 is 0. The number of hydrogen-bond acceptors (Lipinski definition) is 4. The number of amides is 3. The molecule has 0 aromatic heterocycles. The first-order valence-corrected chi connectivity index (χ1v) is 10.5. The lowest BCUT2D eigenvalue weighted by Crippen LogP contribution is -2.55. The maximum absolute atomic E-state index is 12.5. The fourth-order valence-electron chi connectivity index (χ4n) is 4.23. The van der Waals surface area contributed by atoms with Gasteiger partial charge in [-0.25, -0.2) is 4.79 Å². The maximum atomic E-state index is 12.5. The second-order valence-corrected chi connectivity index (χ2v) is 9.01. The van der Waals surface area contributed by atoms with Crippen LogP contribution in [0.5, 0.6) is 5.75 Å². The summed E-state index contributed by atoms with van der Waals surface area (Å²) in [6, 6.07) is 9.85.